The highest BCUT2D eigenvalue weighted by atomic mass is 19.4. The van der Waals surface area contributed by atoms with E-state index in [1.807, 2.05) is 0 Å². The second-order valence-corrected chi connectivity index (χ2v) is 9.69. The van der Waals surface area contributed by atoms with Crippen LogP contribution in [0.25, 0.3) is 10.8 Å². The lowest BCUT2D eigenvalue weighted by molar-refractivity contribution is -0.185. The molecule has 1 fully saturated rings. The highest BCUT2D eigenvalue weighted by Gasteiger charge is 2.36. The summed E-state index contributed by atoms with van der Waals surface area (Å²) >= 11 is 0. The zero-order chi connectivity index (χ0) is 27.1. The standard InChI is InChI=1S/C29H23F7O2/c30-25-16-20-15-22(8-9-23(20)27(31)24(25)10-11-28(32,33)34)38-29(35,36)21-7-6-17-13-19(5-4-18(17)14-21)26-3-1-2-12-37-26/h6-9,14-16,19,26H,1-5,12-13H2. The van der Waals surface area contributed by atoms with E-state index in [4.69, 9.17) is 9.47 Å². The molecule has 5 rings (SSSR count). The summed E-state index contributed by atoms with van der Waals surface area (Å²) in [5, 5.41) is -0.439. The molecule has 1 aliphatic carbocycles. The zero-order valence-corrected chi connectivity index (χ0v) is 20.1. The average molecular weight is 536 g/mol. The summed E-state index contributed by atoms with van der Waals surface area (Å²) in [4.78, 5) is 0. The maximum Gasteiger partial charge on any atom is 0.458 e. The molecule has 3 aromatic carbocycles. The number of fused-ring (bicyclic) bond motifs is 2. The molecule has 0 spiro atoms. The van der Waals surface area contributed by atoms with Crippen LogP contribution in [0.1, 0.15) is 47.9 Å². The monoisotopic (exact) mass is 536 g/mol. The third kappa shape index (κ3) is 5.60. The van der Waals surface area contributed by atoms with E-state index < -0.39 is 29.5 Å². The Morgan fingerprint density at radius 1 is 0.895 bits per heavy atom. The van der Waals surface area contributed by atoms with Gasteiger partial charge < -0.3 is 9.47 Å². The summed E-state index contributed by atoms with van der Waals surface area (Å²) < 4.78 is 107. The number of halogens is 7. The maximum absolute atomic E-state index is 15.1. The molecule has 1 heterocycles. The van der Waals surface area contributed by atoms with Crippen LogP contribution >= 0.6 is 0 Å². The fourth-order valence-corrected chi connectivity index (χ4v) is 5.25. The van der Waals surface area contributed by atoms with Gasteiger partial charge in [0.25, 0.3) is 0 Å². The largest absolute Gasteiger partial charge is 0.458 e. The summed E-state index contributed by atoms with van der Waals surface area (Å²) in [6.07, 6.45) is -2.97. The maximum atomic E-state index is 15.1. The fourth-order valence-electron chi connectivity index (χ4n) is 5.25. The second kappa shape index (κ2) is 10.1. The van der Waals surface area contributed by atoms with Crippen LogP contribution in [-0.4, -0.2) is 18.9 Å². The molecule has 2 unspecified atom stereocenters. The molecule has 2 nitrogen and oxygen atoms in total. The highest BCUT2D eigenvalue weighted by molar-refractivity contribution is 5.86. The van der Waals surface area contributed by atoms with Crippen molar-refractivity contribution in [3.8, 4) is 17.6 Å². The Bertz CT molecular complexity index is 1410. The lowest BCUT2D eigenvalue weighted by Gasteiger charge is -2.34. The Morgan fingerprint density at radius 3 is 2.45 bits per heavy atom. The number of hydrogen-bond donors (Lipinski definition) is 0. The molecule has 38 heavy (non-hydrogen) atoms. The Balaban J connectivity index is 1.35. The van der Waals surface area contributed by atoms with E-state index in [0.717, 1.165) is 80.0 Å². The molecule has 0 aromatic heterocycles. The quantitative estimate of drug-likeness (QED) is 0.250. The predicted molar refractivity (Wildman–Crippen MR) is 127 cm³/mol. The third-order valence-corrected chi connectivity index (χ3v) is 7.12. The number of hydrogen-bond acceptors (Lipinski definition) is 2. The number of ether oxygens (including phenoxy) is 2. The molecule has 2 aliphatic rings. The minimum absolute atomic E-state index is 0.160. The van der Waals surface area contributed by atoms with E-state index in [9.17, 15) is 22.0 Å². The van der Waals surface area contributed by atoms with Crippen LogP contribution in [-0.2, 0) is 23.7 Å². The first kappa shape index (κ1) is 26.4. The molecule has 0 saturated carbocycles. The lowest BCUT2D eigenvalue weighted by atomic mass is 9.79. The molecule has 0 N–H and O–H groups in total. The van der Waals surface area contributed by atoms with Gasteiger partial charge in [-0.15, -0.1) is 0 Å². The summed E-state index contributed by atoms with van der Waals surface area (Å²) in [5.41, 5.74) is 0.433. The first-order valence-electron chi connectivity index (χ1n) is 12.3. The van der Waals surface area contributed by atoms with E-state index in [1.165, 1.54) is 18.1 Å². The van der Waals surface area contributed by atoms with Gasteiger partial charge in [-0.3, -0.25) is 0 Å². The van der Waals surface area contributed by atoms with Crippen LogP contribution in [0.5, 0.6) is 5.75 Å². The van der Waals surface area contributed by atoms with Gasteiger partial charge in [0.2, 0.25) is 0 Å². The van der Waals surface area contributed by atoms with Gasteiger partial charge in [0.15, 0.2) is 0 Å². The van der Waals surface area contributed by atoms with Gasteiger partial charge in [0, 0.05) is 17.9 Å². The second-order valence-electron chi connectivity index (χ2n) is 9.69. The predicted octanol–water partition coefficient (Wildman–Crippen LogP) is 7.83. The van der Waals surface area contributed by atoms with Gasteiger partial charge in [-0.05, 0) is 97.4 Å². The van der Waals surface area contributed by atoms with E-state index in [0.29, 0.717) is 12.3 Å². The van der Waals surface area contributed by atoms with Crippen molar-refractivity contribution in [3.05, 3.63) is 76.4 Å². The number of rotatable bonds is 4. The molecular weight excluding hydrogens is 513 g/mol. The highest BCUT2D eigenvalue weighted by Crippen LogP contribution is 2.38. The van der Waals surface area contributed by atoms with E-state index in [-0.39, 0.29) is 28.2 Å². The van der Waals surface area contributed by atoms with Gasteiger partial charge >= 0.3 is 12.3 Å². The molecule has 200 valence electrons. The normalized spacial score (nSPS) is 20.0. The van der Waals surface area contributed by atoms with Crippen molar-refractivity contribution in [2.24, 2.45) is 5.92 Å². The Hall–Kier alpha value is -3.25. The number of aryl methyl sites for hydroxylation is 1. The average Bonchev–Trinajstić information content (AvgIpc) is 2.87. The van der Waals surface area contributed by atoms with Crippen molar-refractivity contribution in [3.63, 3.8) is 0 Å². The zero-order valence-electron chi connectivity index (χ0n) is 20.1. The van der Waals surface area contributed by atoms with E-state index >= 15 is 8.78 Å². The lowest BCUT2D eigenvalue weighted by Crippen LogP contribution is -2.32. The van der Waals surface area contributed by atoms with Crippen molar-refractivity contribution in [1.29, 1.82) is 0 Å². The van der Waals surface area contributed by atoms with Gasteiger partial charge in [0.05, 0.1) is 17.2 Å². The first-order chi connectivity index (χ1) is 18.0. The number of benzene rings is 3. The third-order valence-electron chi connectivity index (χ3n) is 7.12. The van der Waals surface area contributed by atoms with E-state index in [2.05, 4.69) is 0 Å². The molecule has 0 bridgehead atoms. The van der Waals surface area contributed by atoms with Crippen LogP contribution in [0, 0.1) is 29.4 Å². The van der Waals surface area contributed by atoms with Crippen molar-refractivity contribution in [2.75, 3.05) is 6.61 Å². The molecule has 3 aromatic rings. The van der Waals surface area contributed by atoms with Gasteiger partial charge in [0.1, 0.15) is 17.4 Å². The summed E-state index contributed by atoms with van der Waals surface area (Å²) in [5.74, 6) is -0.381. The Kier molecular flexibility index (Phi) is 7.03. The molecule has 1 aliphatic heterocycles. The first-order valence-corrected chi connectivity index (χ1v) is 12.3. The SMILES string of the molecule is Fc1cc2cc(OC(F)(F)c3ccc4c(c3)CCC(C3CCCCO3)C4)ccc2c(F)c1C#CC(F)(F)F. The van der Waals surface area contributed by atoms with Crippen molar-refractivity contribution < 1.29 is 40.2 Å². The minimum Gasteiger partial charge on any atom is -0.429 e. The summed E-state index contributed by atoms with van der Waals surface area (Å²) in [7, 11) is 0. The number of alkyl halides is 5. The molecule has 1 saturated heterocycles. The molecular formula is C29H23F7O2. The van der Waals surface area contributed by atoms with E-state index in [1.54, 1.807) is 6.07 Å². The van der Waals surface area contributed by atoms with Gasteiger partial charge in [-0.1, -0.05) is 12.0 Å². The molecule has 0 amide bonds. The summed E-state index contributed by atoms with van der Waals surface area (Å²) in [6, 6.07) is 8.25. The Labute approximate surface area is 214 Å². The van der Waals surface area contributed by atoms with Gasteiger partial charge in [-0.25, -0.2) is 8.78 Å². The molecule has 2 atom stereocenters. The topological polar surface area (TPSA) is 18.5 Å². The van der Waals surface area contributed by atoms with Crippen molar-refractivity contribution >= 4 is 10.8 Å². The van der Waals surface area contributed by atoms with Crippen LogP contribution in [0.15, 0.2) is 42.5 Å². The molecule has 0 radical (unpaired) electrons. The smallest absolute Gasteiger partial charge is 0.429 e. The van der Waals surface area contributed by atoms with Crippen LogP contribution in [0.4, 0.5) is 30.7 Å². The van der Waals surface area contributed by atoms with Crippen LogP contribution in [0.2, 0.25) is 0 Å². The Morgan fingerprint density at radius 2 is 1.71 bits per heavy atom. The van der Waals surface area contributed by atoms with Crippen molar-refractivity contribution in [2.45, 2.75) is 56.9 Å². The minimum atomic E-state index is -4.93. The molecule has 9 heteroatoms. The summed E-state index contributed by atoms with van der Waals surface area (Å²) in [6.45, 7) is 0.762. The van der Waals surface area contributed by atoms with Crippen LogP contribution < -0.4 is 4.74 Å². The van der Waals surface area contributed by atoms with Crippen LogP contribution in [0.3, 0.4) is 0 Å². The van der Waals surface area contributed by atoms with Gasteiger partial charge in [-0.2, -0.15) is 22.0 Å². The fraction of sp³-hybridized carbons (Fsp3) is 0.379. The van der Waals surface area contributed by atoms with Crippen molar-refractivity contribution in [1.82, 2.24) is 0 Å².